The lowest BCUT2D eigenvalue weighted by atomic mass is 10.2. The third kappa shape index (κ3) is 2.82. The molecule has 0 bridgehead atoms. The molecule has 0 aliphatic rings. The molecular formula is C11H14N2. The maximum Gasteiger partial charge on any atom is 0.0463 e. The van der Waals surface area contributed by atoms with Gasteiger partial charge in [-0.3, -0.25) is 9.98 Å². The van der Waals surface area contributed by atoms with Crippen LogP contribution in [-0.4, -0.2) is 10.7 Å². The molecule has 13 heavy (non-hydrogen) atoms. The van der Waals surface area contributed by atoms with E-state index in [0.717, 1.165) is 17.0 Å². The van der Waals surface area contributed by atoms with E-state index in [-0.39, 0.29) is 0 Å². The molecule has 1 aromatic rings. The summed E-state index contributed by atoms with van der Waals surface area (Å²) in [5.41, 5.74) is 3.11. The molecule has 1 aromatic heterocycles. The van der Waals surface area contributed by atoms with E-state index in [4.69, 9.17) is 0 Å². The lowest BCUT2D eigenvalue weighted by Gasteiger charge is -1.99. The van der Waals surface area contributed by atoms with Gasteiger partial charge in [-0.1, -0.05) is 12.1 Å². The van der Waals surface area contributed by atoms with Crippen LogP contribution < -0.4 is 0 Å². The summed E-state index contributed by atoms with van der Waals surface area (Å²) < 4.78 is 0. The SMILES string of the molecule is C/C=C(/C)N=C(C)c1cccnc1. The monoisotopic (exact) mass is 174 g/mol. The fourth-order valence-corrected chi connectivity index (χ4v) is 0.970. The summed E-state index contributed by atoms with van der Waals surface area (Å²) in [7, 11) is 0. The van der Waals surface area contributed by atoms with Gasteiger partial charge in [0, 0.05) is 29.4 Å². The van der Waals surface area contributed by atoms with E-state index in [0.29, 0.717) is 0 Å². The van der Waals surface area contributed by atoms with Gasteiger partial charge in [0.25, 0.3) is 0 Å². The van der Waals surface area contributed by atoms with Gasteiger partial charge in [-0.25, -0.2) is 0 Å². The number of hydrogen-bond donors (Lipinski definition) is 0. The largest absolute Gasteiger partial charge is 0.264 e. The van der Waals surface area contributed by atoms with Crippen molar-refractivity contribution < 1.29 is 0 Å². The lowest BCUT2D eigenvalue weighted by Crippen LogP contribution is -1.94. The summed E-state index contributed by atoms with van der Waals surface area (Å²) in [6, 6.07) is 3.92. The zero-order chi connectivity index (χ0) is 9.68. The number of aliphatic imine (C=N–C) groups is 1. The molecule has 0 N–H and O–H groups in total. The van der Waals surface area contributed by atoms with E-state index in [2.05, 4.69) is 9.98 Å². The zero-order valence-electron chi connectivity index (χ0n) is 8.28. The second-order valence-electron chi connectivity index (χ2n) is 2.87. The molecule has 0 radical (unpaired) electrons. The standard InChI is InChI=1S/C11H14N2/c1-4-9(2)13-10(3)11-6-5-7-12-8-11/h4-8H,1-3H3/b9-4-,13-10?. The maximum atomic E-state index is 4.40. The summed E-state index contributed by atoms with van der Waals surface area (Å²) >= 11 is 0. The highest BCUT2D eigenvalue weighted by Gasteiger charge is 1.95. The molecule has 0 fully saturated rings. The van der Waals surface area contributed by atoms with Gasteiger partial charge in [0.05, 0.1) is 0 Å². The van der Waals surface area contributed by atoms with Crippen LogP contribution in [0.2, 0.25) is 0 Å². The predicted octanol–water partition coefficient (Wildman–Crippen LogP) is 2.81. The molecule has 2 heteroatoms. The zero-order valence-corrected chi connectivity index (χ0v) is 8.28. The summed E-state index contributed by atoms with van der Waals surface area (Å²) in [6.07, 6.45) is 5.57. The number of rotatable bonds is 2. The smallest absolute Gasteiger partial charge is 0.0463 e. The summed E-state index contributed by atoms with van der Waals surface area (Å²) in [6.45, 7) is 5.96. The van der Waals surface area contributed by atoms with Crippen LogP contribution in [0.4, 0.5) is 0 Å². The number of allylic oxidation sites excluding steroid dienone is 2. The molecule has 0 unspecified atom stereocenters. The summed E-state index contributed by atoms with van der Waals surface area (Å²) in [5, 5.41) is 0. The van der Waals surface area contributed by atoms with E-state index in [1.165, 1.54) is 0 Å². The minimum atomic E-state index is 1.00. The van der Waals surface area contributed by atoms with Crippen molar-refractivity contribution >= 4 is 5.71 Å². The van der Waals surface area contributed by atoms with Crippen molar-refractivity contribution in [3.05, 3.63) is 41.9 Å². The van der Waals surface area contributed by atoms with Crippen molar-refractivity contribution in [2.75, 3.05) is 0 Å². The topological polar surface area (TPSA) is 25.2 Å². The molecule has 0 aromatic carbocycles. The molecule has 0 atom stereocenters. The Labute approximate surface area is 79.0 Å². The normalized spacial score (nSPS) is 13.2. The number of pyridine rings is 1. The minimum Gasteiger partial charge on any atom is -0.264 e. The number of hydrogen-bond acceptors (Lipinski definition) is 2. The predicted molar refractivity (Wildman–Crippen MR) is 55.9 cm³/mol. The van der Waals surface area contributed by atoms with Gasteiger partial charge in [0.15, 0.2) is 0 Å². The van der Waals surface area contributed by atoms with Gasteiger partial charge in [-0.2, -0.15) is 0 Å². The average molecular weight is 174 g/mol. The Morgan fingerprint density at radius 2 is 2.23 bits per heavy atom. The van der Waals surface area contributed by atoms with Crippen LogP contribution in [0.15, 0.2) is 41.3 Å². The van der Waals surface area contributed by atoms with Crippen LogP contribution in [0.1, 0.15) is 26.3 Å². The first kappa shape index (κ1) is 9.65. The van der Waals surface area contributed by atoms with E-state index in [1.54, 1.807) is 6.20 Å². The van der Waals surface area contributed by atoms with Crippen LogP contribution >= 0.6 is 0 Å². The number of aromatic nitrogens is 1. The van der Waals surface area contributed by atoms with Crippen molar-refractivity contribution in [3.8, 4) is 0 Å². The maximum absolute atomic E-state index is 4.40. The lowest BCUT2D eigenvalue weighted by molar-refractivity contribution is 1.26. The highest BCUT2D eigenvalue weighted by Crippen LogP contribution is 2.02. The van der Waals surface area contributed by atoms with Crippen LogP contribution in [0.25, 0.3) is 0 Å². The molecule has 0 spiro atoms. The fraction of sp³-hybridized carbons (Fsp3) is 0.273. The molecular weight excluding hydrogens is 160 g/mol. The fourth-order valence-electron chi connectivity index (χ4n) is 0.970. The molecule has 2 nitrogen and oxygen atoms in total. The highest BCUT2D eigenvalue weighted by atomic mass is 14.7. The first-order valence-electron chi connectivity index (χ1n) is 4.32. The van der Waals surface area contributed by atoms with E-state index in [9.17, 15) is 0 Å². The first-order valence-corrected chi connectivity index (χ1v) is 4.32. The van der Waals surface area contributed by atoms with Crippen LogP contribution in [0.3, 0.4) is 0 Å². The Kier molecular flexibility index (Phi) is 3.38. The second kappa shape index (κ2) is 4.55. The molecule has 0 amide bonds. The summed E-state index contributed by atoms with van der Waals surface area (Å²) in [5.74, 6) is 0. The number of nitrogens with zero attached hydrogens (tertiary/aromatic N) is 2. The van der Waals surface area contributed by atoms with Gasteiger partial charge in [-0.05, 0) is 26.8 Å². The van der Waals surface area contributed by atoms with Crippen molar-refractivity contribution in [2.45, 2.75) is 20.8 Å². The molecule has 68 valence electrons. The Bertz CT molecular complexity index is 323. The van der Waals surface area contributed by atoms with Crippen molar-refractivity contribution in [2.24, 2.45) is 4.99 Å². The second-order valence-corrected chi connectivity index (χ2v) is 2.87. The van der Waals surface area contributed by atoms with Gasteiger partial charge in [0.2, 0.25) is 0 Å². The molecule has 1 heterocycles. The van der Waals surface area contributed by atoms with Gasteiger partial charge >= 0.3 is 0 Å². The highest BCUT2D eigenvalue weighted by molar-refractivity contribution is 5.98. The summed E-state index contributed by atoms with van der Waals surface area (Å²) in [4.78, 5) is 8.44. The van der Waals surface area contributed by atoms with Crippen molar-refractivity contribution in [3.63, 3.8) is 0 Å². The Morgan fingerprint density at radius 1 is 1.46 bits per heavy atom. The van der Waals surface area contributed by atoms with Crippen molar-refractivity contribution in [1.29, 1.82) is 0 Å². The van der Waals surface area contributed by atoms with Crippen LogP contribution in [0.5, 0.6) is 0 Å². The molecule has 0 aliphatic carbocycles. The molecule has 0 aliphatic heterocycles. The minimum absolute atomic E-state index is 1.00. The average Bonchev–Trinajstić information content (AvgIpc) is 2.19. The van der Waals surface area contributed by atoms with Gasteiger partial charge < -0.3 is 0 Å². The Morgan fingerprint density at radius 3 is 2.77 bits per heavy atom. The van der Waals surface area contributed by atoms with Crippen LogP contribution in [0, 0.1) is 0 Å². The van der Waals surface area contributed by atoms with Crippen molar-refractivity contribution in [1.82, 2.24) is 4.98 Å². The Balaban J connectivity index is 2.92. The molecule has 0 saturated heterocycles. The van der Waals surface area contributed by atoms with Crippen LogP contribution in [-0.2, 0) is 0 Å². The first-order chi connectivity index (χ1) is 6.24. The molecule has 1 rings (SSSR count). The Hall–Kier alpha value is -1.44. The van der Waals surface area contributed by atoms with E-state index < -0.39 is 0 Å². The molecule has 0 saturated carbocycles. The van der Waals surface area contributed by atoms with E-state index in [1.807, 2.05) is 45.2 Å². The quantitative estimate of drug-likeness (QED) is 0.633. The third-order valence-electron chi connectivity index (χ3n) is 1.84. The third-order valence-corrected chi connectivity index (χ3v) is 1.84. The van der Waals surface area contributed by atoms with Gasteiger partial charge in [0.1, 0.15) is 0 Å². The van der Waals surface area contributed by atoms with Gasteiger partial charge in [-0.15, -0.1) is 0 Å². The van der Waals surface area contributed by atoms with E-state index >= 15 is 0 Å².